The zero-order chi connectivity index (χ0) is 10.6. The number of halogens is 1. The fraction of sp³-hybridized carbons (Fsp3) is 0.900. The van der Waals surface area contributed by atoms with Gasteiger partial charge in [0.25, 0.3) is 0 Å². The van der Waals surface area contributed by atoms with Crippen molar-refractivity contribution < 1.29 is 19.4 Å². The third-order valence-corrected chi connectivity index (χ3v) is 5.04. The highest BCUT2D eigenvalue weighted by atomic mass is 79.9. The molecule has 3 aliphatic rings. The Labute approximate surface area is 96.1 Å². The monoisotopic (exact) mass is 276 g/mol. The highest BCUT2D eigenvalue weighted by molar-refractivity contribution is 9.09. The van der Waals surface area contributed by atoms with E-state index >= 15 is 0 Å². The molecule has 3 fully saturated rings. The van der Waals surface area contributed by atoms with Gasteiger partial charge in [-0.05, 0) is 12.3 Å². The number of carbonyl (C=O) groups is 1. The van der Waals surface area contributed by atoms with Gasteiger partial charge in [-0.1, -0.05) is 15.9 Å². The summed E-state index contributed by atoms with van der Waals surface area (Å²) in [5.74, 6) is -1.40. The number of hydrogen-bond donors (Lipinski definition) is 1. The summed E-state index contributed by atoms with van der Waals surface area (Å²) in [6.07, 6.45) is 1.58. The summed E-state index contributed by atoms with van der Waals surface area (Å²) < 4.78 is 11.3. The summed E-state index contributed by atoms with van der Waals surface area (Å²) in [5, 5.41) is 9.22. The van der Waals surface area contributed by atoms with Gasteiger partial charge in [0.05, 0.1) is 19.1 Å². The van der Waals surface area contributed by atoms with E-state index in [2.05, 4.69) is 15.9 Å². The molecule has 0 unspecified atom stereocenters. The van der Waals surface area contributed by atoms with Crippen molar-refractivity contribution in [2.24, 2.45) is 17.8 Å². The molecule has 1 spiro atoms. The van der Waals surface area contributed by atoms with Crippen LogP contribution in [0.2, 0.25) is 0 Å². The first-order valence-electron chi connectivity index (χ1n) is 5.29. The van der Waals surface area contributed by atoms with Gasteiger partial charge >= 0.3 is 5.97 Å². The number of fused-ring (bicyclic) bond motifs is 3. The van der Waals surface area contributed by atoms with Crippen LogP contribution in [0.3, 0.4) is 0 Å². The molecule has 15 heavy (non-hydrogen) atoms. The largest absolute Gasteiger partial charge is 0.481 e. The van der Waals surface area contributed by atoms with Crippen molar-refractivity contribution >= 4 is 21.9 Å². The number of carboxylic acids is 1. The molecule has 1 heterocycles. The van der Waals surface area contributed by atoms with Crippen LogP contribution in [-0.2, 0) is 14.3 Å². The molecule has 0 aromatic carbocycles. The highest BCUT2D eigenvalue weighted by Crippen LogP contribution is 2.59. The van der Waals surface area contributed by atoms with Crippen LogP contribution >= 0.6 is 15.9 Å². The number of alkyl halides is 1. The van der Waals surface area contributed by atoms with Gasteiger partial charge in [0.1, 0.15) is 0 Å². The van der Waals surface area contributed by atoms with Gasteiger partial charge in [0.2, 0.25) is 0 Å². The molecule has 4 atom stereocenters. The molecule has 0 aromatic rings. The zero-order valence-corrected chi connectivity index (χ0v) is 9.77. The molecule has 2 bridgehead atoms. The second-order valence-corrected chi connectivity index (χ2v) is 5.78. The molecule has 2 saturated carbocycles. The maximum absolute atomic E-state index is 11.2. The molecule has 2 aliphatic carbocycles. The van der Waals surface area contributed by atoms with E-state index < -0.39 is 11.8 Å². The predicted molar refractivity (Wildman–Crippen MR) is 54.7 cm³/mol. The van der Waals surface area contributed by atoms with Crippen molar-refractivity contribution in [1.29, 1.82) is 0 Å². The fourth-order valence-corrected chi connectivity index (χ4v) is 4.35. The molecule has 0 amide bonds. The Morgan fingerprint density at radius 2 is 2.07 bits per heavy atom. The average Bonchev–Trinajstić information content (AvgIpc) is 2.81. The molecule has 1 N–H and O–H groups in total. The maximum Gasteiger partial charge on any atom is 0.307 e. The highest BCUT2D eigenvalue weighted by Gasteiger charge is 2.65. The first kappa shape index (κ1) is 10.1. The first-order chi connectivity index (χ1) is 7.14. The van der Waals surface area contributed by atoms with Gasteiger partial charge in [0, 0.05) is 17.2 Å². The van der Waals surface area contributed by atoms with E-state index in [0.29, 0.717) is 18.0 Å². The SMILES string of the molecule is O=C(O)[C@@H]1[C@H]2CC3(OCCO3)[C@@H]1C[C@@H]2Br. The number of rotatable bonds is 1. The van der Waals surface area contributed by atoms with Gasteiger partial charge in [-0.3, -0.25) is 4.79 Å². The number of aliphatic carboxylic acids is 1. The van der Waals surface area contributed by atoms with Crippen LogP contribution in [-0.4, -0.2) is 34.9 Å². The van der Waals surface area contributed by atoms with Gasteiger partial charge in [0.15, 0.2) is 5.79 Å². The average molecular weight is 277 g/mol. The predicted octanol–water partition coefficient (Wildman–Crippen LogP) is 1.23. The zero-order valence-electron chi connectivity index (χ0n) is 8.19. The van der Waals surface area contributed by atoms with Crippen molar-refractivity contribution in [3.63, 3.8) is 0 Å². The Bertz CT molecular complexity index is 300. The summed E-state index contributed by atoms with van der Waals surface area (Å²) in [4.78, 5) is 11.5. The minimum absolute atomic E-state index is 0.0203. The van der Waals surface area contributed by atoms with Crippen molar-refractivity contribution in [1.82, 2.24) is 0 Å². The minimum Gasteiger partial charge on any atom is -0.481 e. The van der Waals surface area contributed by atoms with Crippen LogP contribution in [0.25, 0.3) is 0 Å². The van der Waals surface area contributed by atoms with Crippen LogP contribution in [0.4, 0.5) is 0 Å². The Morgan fingerprint density at radius 1 is 1.40 bits per heavy atom. The van der Waals surface area contributed by atoms with Crippen LogP contribution < -0.4 is 0 Å². The van der Waals surface area contributed by atoms with Gasteiger partial charge < -0.3 is 14.6 Å². The van der Waals surface area contributed by atoms with E-state index in [1.165, 1.54) is 0 Å². The van der Waals surface area contributed by atoms with E-state index in [1.54, 1.807) is 0 Å². The minimum atomic E-state index is -0.706. The second kappa shape index (κ2) is 3.18. The summed E-state index contributed by atoms with van der Waals surface area (Å²) in [5.41, 5.74) is 0. The number of hydrogen-bond acceptors (Lipinski definition) is 3. The first-order valence-corrected chi connectivity index (χ1v) is 6.20. The molecule has 1 aliphatic heterocycles. The smallest absolute Gasteiger partial charge is 0.307 e. The van der Waals surface area contributed by atoms with Crippen LogP contribution in [0, 0.1) is 17.8 Å². The van der Waals surface area contributed by atoms with Crippen molar-refractivity contribution in [3.8, 4) is 0 Å². The van der Waals surface area contributed by atoms with Gasteiger partial charge in [-0.2, -0.15) is 0 Å². The lowest BCUT2D eigenvalue weighted by Crippen LogP contribution is -2.39. The van der Waals surface area contributed by atoms with Crippen molar-refractivity contribution in [2.45, 2.75) is 23.5 Å². The molecule has 4 nitrogen and oxygen atoms in total. The second-order valence-electron chi connectivity index (χ2n) is 4.60. The lowest BCUT2D eigenvalue weighted by molar-refractivity contribution is -0.194. The lowest BCUT2D eigenvalue weighted by atomic mass is 9.93. The van der Waals surface area contributed by atoms with E-state index in [1.807, 2.05) is 0 Å². The van der Waals surface area contributed by atoms with Crippen molar-refractivity contribution in [3.05, 3.63) is 0 Å². The van der Waals surface area contributed by atoms with E-state index in [0.717, 1.165) is 12.8 Å². The molecule has 0 aromatic heterocycles. The van der Waals surface area contributed by atoms with Crippen LogP contribution in [0.15, 0.2) is 0 Å². The van der Waals surface area contributed by atoms with Crippen LogP contribution in [0.5, 0.6) is 0 Å². The van der Waals surface area contributed by atoms with E-state index in [-0.39, 0.29) is 17.8 Å². The molecule has 3 rings (SSSR count). The molecular weight excluding hydrogens is 264 g/mol. The Hall–Kier alpha value is -0.130. The van der Waals surface area contributed by atoms with Crippen molar-refractivity contribution in [2.75, 3.05) is 13.2 Å². The van der Waals surface area contributed by atoms with Crippen LogP contribution in [0.1, 0.15) is 12.8 Å². The summed E-state index contributed by atoms with van der Waals surface area (Å²) in [6.45, 7) is 1.20. The maximum atomic E-state index is 11.2. The summed E-state index contributed by atoms with van der Waals surface area (Å²) >= 11 is 3.56. The molecule has 0 radical (unpaired) electrons. The van der Waals surface area contributed by atoms with E-state index in [4.69, 9.17) is 9.47 Å². The normalized spacial score (nSPS) is 46.5. The van der Waals surface area contributed by atoms with Gasteiger partial charge in [-0.25, -0.2) is 0 Å². The molecule has 1 saturated heterocycles. The fourth-order valence-electron chi connectivity index (χ4n) is 3.43. The lowest BCUT2D eigenvalue weighted by Gasteiger charge is -2.33. The Morgan fingerprint density at radius 3 is 2.60 bits per heavy atom. The molecular formula is C10H13BrO4. The summed E-state index contributed by atoms with van der Waals surface area (Å²) in [6, 6.07) is 0. The van der Waals surface area contributed by atoms with Gasteiger partial charge in [-0.15, -0.1) is 0 Å². The molecule has 84 valence electrons. The Balaban J connectivity index is 1.92. The number of ether oxygens (including phenoxy) is 2. The topological polar surface area (TPSA) is 55.8 Å². The molecule has 5 heteroatoms. The number of carboxylic acid groups (broad SMARTS) is 1. The third-order valence-electron chi connectivity index (χ3n) is 3.98. The summed E-state index contributed by atoms with van der Waals surface area (Å²) in [7, 11) is 0. The third kappa shape index (κ3) is 1.23. The van der Waals surface area contributed by atoms with E-state index in [9.17, 15) is 9.90 Å². The Kier molecular flexibility index (Phi) is 2.13. The quantitative estimate of drug-likeness (QED) is 0.732. The standard InChI is InChI=1S/C10H13BrO4/c11-7-3-6-8(9(12)13)5(7)4-10(6)14-1-2-15-10/h5-8H,1-4H2,(H,12,13)/t5-,6+,7-,8+/m0/s1.